The highest BCUT2D eigenvalue weighted by atomic mass is 16.6. The molecule has 5 nitrogen and oxygen atoms in total. The molecule has 0 unspecified atom stereocenters. The predicted octanol–water partition coefficient (Wildman–Crippen LogP) is 2.69. The number of hydrogen-bond acceptors (Lipinski definition) is 4. The summed E-state index contributed by atoms with van der Waals surface area (Å²) in [4.78, 5) is 15.5. The summed E-state index contributed by atoms with van der Waals surface area (Å²) in [5.74, 6) is 0.270. The molecule has 0 bridgehead atoms. The van der Waals surface area contributed by atoms with Crippen LogP contribution in [0.5, 0.6) is 5.75 Å². The number of nitrogens with zero attached hydrogens (tertiary/aromatic N) is 2. The predicted molar refractivity (Wildman–Crippen MR) is 83.3 cm³/mol. The first-order valence-electron chi connectivity index (χ1n) is 7.08. The van der Waals surface area contributed by atoms with Crippen molar-refractivity contribution >= 4 is 6.09 Å². The smallest absolute Gasteiger partial charge is 0.410 e. The Hall–Kier alpha value is -1.75. The van der Waals surface area contributed by atoms with E-state index in [9.17, 15) is 9.90 Å². The molecule has 5 heteroatoms. The van der Waals surface area contributed by atoms with Crippen LogP contribution in [0, 0.1) is 0 Å². The van der Waals surface area contributed by atoms with Gasteiger partial charge in [0, 0.05) is 26.7 Å². The van der Waals surface area contributed by atoms with Crippen LogP contribution < -0.4 is 0 Å². The molecule has 118 valence electrons. The molecule has 1 aromatic carbocycles. The third-order valence-corrected chi connectivity index (χ3v) is 2.89. The number of carbonyl (C=O) groups is 1. The zero-order valence-corrected chi connectivity index (χ0v) is 13.6. The first kappa shape index (κ1) is 17.3. The fourth-order valence-electron chi connectivity index (χ4n) is 1.80. The molecule has 1 aromatic rings. The summed E-state index contributed by atoms with van der Waals surface area (Å²) in [5, 5.41) is 9.44. The van der Waals surface area contributed by atoms with Gasteiger partial charge in [0.1, 0.15) is 11.4 Å². The summed E-state index contributed by atoms with van der Waals surface area (Å²) in [7, 11) is 3.71. The number of carbonyl (C=O) groups excluding carboxylic acids is 1. The first-order chi connectivity index (χ1) is 9.67. The van der Waals surface area contributed by atoms with Crippen LogP contribution in [-0.2, 0) is 11.3 Å². The van der Waals surface area contributed by atoms with E-state index < -0.39 is 5.60 Å². The van der Waals surface area contributed by atoms with E-state index in [0.29, 0.717) is 6.54 Å². The summed E-state index contributed by atoms with van der Waals surface area (Å²) in [6.07, 6.45) is -0.312. The normalized spacial score (nSPS) is 11.5. The number of phenolic OH excluding ortho intramolecular Hbond substituents is 1. The molecule has 0 aliphatic carbocycles. The zero-order valence-electron chi connectivity index (χ0n) is 13.6. The number of hydrogen-bond donors (Lipinski definition) is 1. The van der Waals surface area contributed by atoms with Gasteiger partial charge in [0.15, 0.2) is 0 Å². The summed E-state index contributed by atoms with van der Waals surface area (Å²) < 4.78 is 5.30. The molecule has 0 spiro atoms. The minimum Gasteiger partial charge on any atom is -0.508 e. The van der Waals surface area contributed by atoms with Crippen molar-refractivity contribution in [2.45, 2.75) is 32.9 Å². The van der Waals surface area contributed by atoms with Crippen LogP contribution in [-0.4, -0.2) is 53.8 Å². The molecule has 0 radical (unpaired) electrons. The van der Waals surface area contributed by atoms with Gasteiger partial charge in [0.25, 0.3) is 0 Å². The number of phenols is 1. The zero-order chi connectivity index (χ0) is 16.0. The van der Waals surface area contributed by atoms with Crippen molar-refractivity contribution in [3.8, 4) is 5.75 Å². The van der Waals surface area contributed by atoms with Crippen molar-refractivity contribution in [3.05, 3.63) is 29.8 Å². The molecular formula is C16H26N2O3. The molecule has 1 N–H and O–H groups in total. The van der Waals surface area contributed by atoms with Crippen LogP contribution >= 0.6 is 0 Å². The van der Waals surface area contributed by atoms with Crippen LogP contribution in [0.4, 0.5) is 4.79 Å². The number of likely N-dealkylation sites (N-methyl/N-ethyl adjacent to an activating group) is 2. The van der Waals surface area contributed by atoms with Crippen molar-refractivity contribution in [1.29, 1.82) is 0 Å². The van der Waals surface area contributed by atoms with Crippen LogP contribution in [0.3, 0.4) is 0 Å². The average Bonchev–Trinajstić information content (AvgIpc) is 2.33. The van der Waals surface area contributed by atoms with Crippen LogP contribution in [0.25, 0.3) is 0 Å². The van der Waals surface area contributed by atoms with Gasteiger partial charge in [-0.2, -0.15) is 0 Å². The Morgan fingerprint density at radius 1 is 1.24 bits per heavy atom. The van der Waals surface area contributed by atoms with E-state index >= 15 is 0 Å². The Morgan fingerprint density at radius 2 is 1.90 bits per heavy atom. The minimum absolute atomic E-state index is 0.270. The Bertz CT molecular complexity index is 469. The molecule has 1 rings (SSSR count). The summed E-state index contributed by atoms with van der Waals surface area (Å²) >= 11 is 0. The van der Waals surface area contributed by atoms with E-state index in [1.165, 1.54) is 0 Å². The summed E-state index contributed by atoms with van der Waals surface area (Å²) in [6, 6.07) is 7.19. The van der Waals surface area contributed by atoms with Crippen LogP contribution in [0.15, 0.2) is 24.3 Å². The van der Waals surface area contributed by atoms with Gasteiger partial charge in [-0.25, -0.2) is 4.79 Å². The second-order valence-electron chi connectivity index (χ2n) is 6.31. The van der Waals surface area contributed by atoms with E-state index in [4.69, 9.17) is 4.74 Å². The largest absolute Gasteiger partial charge is 0.508 e. The molecule has 0 atom stereocenters. The standard InChI is InChI=1S/C16H26N2O3/c1-16(2,3)21-15(20)18(5)10-9-17(4)12-13-7-6-8-14(19)11-13/h6-8,11,19H,9-10,12H2,1-5H3. The van der Waals surface area contributed by atoms with Crippen molar-refractivity contribution in [2.75, 3.05) is 27.2 Å². The lowest BCUT2D eigenvalue weighted by Gasteiger charge is -2.26. The van der Waals surface area contributed by atoms with Crippen LogP contribution in [0.1, 0.15) is 26.3 Å². The number of benzene rings is 1. The topological polar surface area (TPSA) is 53.0 Å². The summed E-state index contributed by atoms with van der Waals surface area (Å²) in [6.45, 7) is 7.60. The van der Waals surface area contributed by atoms with Gasteiger partial charge in [-0.1, -0.05) is 12.1 Å². The molecule has 21 heavy (non-hydrogen) atoms. The Kier molecular flexibility index (Phi) is 6.03. The minimum atomic E-state index is -0.473. The number of aromatic hydroxyl groups is 1. The third kappa shape index (κ3) is 6.99. The average molecular weight is 294 g/mol. The summed E-state index contributed by atoms with van der Waals surface area (Å²) in [5.41, 5.74) is 0.566. The highest BCUT2D eigenvalue weighted by Crippen LogP contribution is 2.12. The second kappa shape index (κ2) is 7.31. The lowest BCUT2D eigenvalue weighted by molar-refractivity contribution is 0.0286. The third-order valence-electron chi connectivity index (χ3n) is 2.89. The molecule has 0 fully saturated rings. The van der Waals surface area contributed by atoms with Crippen molar-refractivity contribution < 1.29 is 14.6 Å². The number of rotatable bonds is 5. The van der Waals surface area contributed by atoms with E-state index in [-0.39, 0.29) is 11.8 Å². The Balaban J connectivity index is 2.38. The molecule has 0 heterocycles. The van der Waals surface area contributed by atoms with Gasteiger partial charge in [-0.3, -0.25) is 0 Å². The highest BCUT2D eigenvalue weighted by molar-refractivity contribution is 5.67. The quantitative estimate of drug-likeness (QED) is 0.907. The van der Waals surface area contributed by atoms with E-state index in [2.05, 4.69) is 4.90 Å². The second-order valence-corrected chi connectivity index (χ2v) is 6.31. The van der Waals surface area contributed by atoms with E-state index in [1.54, 1.807) is 24.1 Å². The maximum atomic E-state index is 11.8. The van der Waals surface area contributed by atoms with Gasteiger partial charge < -0.3 is 19.6 Å². The van der Waals surface area contributed by atoms with Gasteiger partial charge in [0.2, 0.25) is 0 Å². The Labute approximate surface area is 127 Å². The van der Waals surface area contributed by atoms with Crippen LogP contribution in [0.2, 0.25) is 0 Å². The van der Waals surface area contributed by atoms with E-state index in [1.807, 2.05) is 40.0 Å². The SMILES string of the molecule is CN(CCN(C)C(=O)OC(C)(C)C)Cc1cccc(O)c1. The van der Waals surface area contributed by atoms with Gasteiger partial charge in [-0.05, 0) is 45.5 Å². The molecule has 0 aliphatic rings. The van der Waals surface area contributed by atoms with Gasteiger partial charge >= 0.3 is 6.09 Å². The lowest BCUT2D eigenvalue weighted by Crippen LogP contribution is -2.38. The van der Waals surface area contributed by atoms with Crippen molar-refractivity contribution in [2.24, 2.45) is 0 Å². The van der Waals surface area contributed by atoms with Gasteiger partial charge in [-0.15, -0.1) is 0 Å². The maximum Gasteiger partial charge on any atom is 0.410 e. The maximum absolute atomic E-state index is 11.8. The molecular weight excluding hydrogens is 268 g/mol. The van der Waals surface area contributed by atoms with E-state index in [0.717, 1.165) is 18.7 Å². The molecule has 1 amide bonds. The number of ether oxygens (including phenoxy) is 1. The van der Waals surface area contributed by atoms with Gasteiger partial charge in [0.05, 0.1) is 0 Å². The Morgan fingerprint density at radius 3 is 2.48 bits per heavy atom. The first-order valence-corrected chi connectivity index (χ1v) is 7.08. The number of amides is 1. The molecule has 0 aliphatic heterocycles. The van der Waals surface area contributed by atoms with Crippen molar-refractivity contribution in [3.63, 3.8) is 0 Å². The fourth-order valence-corrected chi connectivity index (χ4v) is 1.80. The molecule has 0 saturated heterocycles. The highest BCUT2D eigenvalue weighted by Gasteiger charge is 2.19. The molecule has 0 saturated carbocycles. The monoisotopic (exact) mass is 294 g/mol. The molecule has 0 aromatic heterocycles. The van der Waals surface area contributed by atoms with Crippen molar-refractivity contribution in [1.82, 2.24) is 9.80 Å². The lowest BCUT2D eigenvalue weighted by atomic mass is 10.2. The fraction of sp³-hybridized carbons (Fsp3) is 0.562.